The monoisotopic (exact) mass is 423 g/mol. The van der Waals surface area contributed by atoms with Crippen LogP contribution in [0.15, 0.2) is 0 Å². The fraction of sp³-hybridized carbons (Fsp3) is 0. The van der Waals surface area contributed by atoms with E-state index in [1.807, 2.05) is 0 Å². The molecule has 0 aliphatic heterocycles. The first kappa shape index (κ1) is 15.9. The SMILES string of the molecule is [B]#[W].[B]=[B].[B]=[W]#[B]. The van der Waals surface area contributed by atoms with Crippen LogP contribution in [-0.2, 0) is 35.9 Å². The first-order valence-corrected chi connectivity index (χ1v) is 6.12. The molecular weight excluding hydrogens is 422 g/mol. The van der Waals surface area contributed by atoms with E-state index in [-0.39, 0.29) is 0 Å². The Bertz CT molecular complexity index is 87.6. The molecule has 0 heterocycles. The second-order valence-corrected chi connectivity index (χ2v) is 1.11. The van der Waals surface area contributed by atoms with Crippen LogP contribution in [0.2, 0.25) is 0 Å². The van der Waals surface area contributed by atoms with Crippen molar-refractivity contribution >= 4 is 31.4 Å². The molecule has 0 saturated carbocycles. The molecule has 0 aliphatic carbocycles. The normalized spacial score (nSPS) is 2.29. The molecule has 27 valence electrons. The Labute approximate surface area is 66.9 Å². The zero-order chi connectivity index (χ0) is 6.71. The molecule has 0 amide bonds. The molecule has 0 bridgehead atoms. The summed E-state index contributed by atoms with van der Waals surface area (Å²) in [4.78, 5) is 0. The molecule has 0 unspecified atom stereocenters. The average molecular weight is 422 g/mol. The molecule has 0 aromatic rings. The summed E-state index contributed by atoms with van der Waals surface area (Å²) in [6.07, 6.45) is 0. The molecule has 3 radical (unpaired) electrons. The molecule has 0 N–H and O–H groups in total. The average Bonchev–Trinajstić information content (AvgIpc) is 1.78. The van der Waals surface area contributed by atoms with E-state index >= 15 is 0 Å². The van der Waals surface area contributed by atoms with Gasteiger partial charge in [0.05, 0.1) is 0 Å². The van der Waals surface area contributed by atoms with Crippen molar-refractivity contribution in [3.8, 4) is 0 Å². The summed E-state index contributed by atoms with van der Waals surface area (Å²) in [5.41, 5.74) is 14.2. The van der Waals surface area contributed by atoms with Crippen LogP contribution in [0, 0.1) is 0 Å². The fourth-order valence-electron chi connectivity index (χ4n) is 0. The molecular formula is B5W2. The summed E-state index contributed by atoms with van der Waals surface area (Å²) >= 11 is 0.333. The van der Waals surface area contributed by atoms with Crippen molar-refractivity contribution in [2.24, 2.45) is 0 Å². The summed E-state index contributed by atoms with van der Waals surface area (Å²) in [5.74, 6) is 0. The molecule has 0 aromatic heterocycles. The maximum absolute atomic E-state index is 4.79. The summed E-state index contributed by atoms with van der Waals surface area (Å²) in [6.45, 7) is 0. The molecule has 0 spiro atoms. The third-order valence-corrected chi connectivity index (χ3v) is 0. The Morgan fingerprint density at radius 3 is 1.14 bits per heavy atom. The molecule has 0 saturated heterocycles. The molecule has 0 nitrogen and oxygen atoms in total. The van der Waals surface area contributed by atoms with Gasteiger partial charge in [0, 0.05) is 0 Å². The quantitative estimate of drug-likeness (QED) is 0.401. The molecule has 0 aliphatic rings. The van der Waals surface area contributed by atoms with Gasteiger partial charge < -0.3 is 0 Å². The summed E-state index contributed by atoms with van der Waals surface area (Å²) in [6, 6.07) is 0. The predicted octanol–water partition coefficient (Wildman–Crippen LogP) is -1.91. The van der Waals surface area contributed by atoms with E-state index in [1.165, 1.54) is 0 Å². The maximum atomic E-state index is 4.79. The van der Waals surface area contributed by atoms with E-state index in [0.717, 1.165) is 18.9 Å². The molecule has 7 heteroatoms. The van der Waals surface area contributed by atoms with Gasteiger partial charge >= 0.3 is 67.3 Å². The van der Waals surface area contributed by atoms with Crippen LogP contribution in [0.5, 0.6) is 0 Å². The fourth-order valence-corrected chi connectivity index (χ4v) is 0. The molecule has 0 aromatic carbocycles. The van der Waals surface area contributed by atoms with Crippen LogP contribution in [0.4, 0.5) is 0 Å². The van der Waals surface area contributed by atoms with Crippen LogP contribution in [0.1, 0.15) is 0 Å². The van der Waals surface area contributed by atoms with Gasteiger partial charge in [-0.3, -0.25) is 0 Å². The van der Waals surface area contributed by atoms with Gasteiger partial charge in [-0.25, -0.2) is 0 Å². The van der Waals surface area contributed by atoms with Gasteiger partial charge in [-0.05, 0) is 0 Å². The van der Waals surface area contributed by atoms with Crippen molar-refractivity contribution in [2.45, 2.75) is 0 Å². The van der Waals surface area contributed by atoms with Gasteiger partial charge in [0.2, 0.25) is 0 Å². The Hall–Kier alpha value is 1.70. The van der Waals surface area contributed by atoms with Gasteiger partial charge in [-0.1, -0.05) is 0 Å². The molecule has 0 fully saturated rings. The predicted molar refractivity (Wildman–Crippen MR) is 28.8 cm³/mol. The summed E-state index contributed by atoms with van der Waals surface area (Å²) < 4.78 is 0. The van der Waals surface area contributed by atoms with Crippen molar-refractivity contribution in [3.05, 3.63) is 0 Å². The minimum absolute atomic E-state index is 0.750. The minimum atomic E-state index is -0.750. The topological polar surface area (TPSA) is 0 Å². The van der Waals surface area contributed by atoms with Gasteiger partial charge in [-0.15, -0.1) is 0 Å². The Kier molecular flexibility index (Phi) is 107. The summed E-state index contributed by atoms with van der Waals surface area (Å²) in [7, 11) is 8.00. The van der Waals surface area contributed by atoms with E-state index < -0.39 is 17.0 Å². The Balaban J connectivity index is -0.0000000360. The second kappa shape index (κ2) is 47.4. The summed E-state index contributed by atoms with van der Waals surface area (Å²) in [5, 5.41) is 0. The first-order chi connectivity index (χ1) is 3.41. The van der Waals surface area contributed by atoms with E-state index in [2.05, 4.69) is 20.2 Å². The second-order valence-electron chi connectivity index (χ2n) is 0.136. The van der Waals surface area contributed by atoms with Crippen LogP contribution in [-0.4, -0.2) is 31.4 Å². The zero-order valence-electron chi connectivity index (χ0n) is 3.70. The molecule has 0 rings (SSSR count). The van der Waals surface area contributed by atoms with Gasteiger partial charge in [-0.2, -0.15) is 0 Å². The van der Waals surface area contributed by atoms with Crippen LogP contribution >= 0.6 is 0 Å². The number of hydrogen-bond acceptors (Lipinski definition) is 0. The van der Waals surface area contributed by atoms with Crippen LogP contribution < -0.4 is 0 Å². The number of hydrogen-bond donors (Lipinski definition) is 0. The Morgan fingerprint density at radius 1 is 1.14 bits per heavy atom. The third-order valence-electron chi connectivity index (χ3n) is 0. The van der Waals surface area contributed by atoms with E-state index in [1.54, 1.807) is 0 Å². The standard InChI is InChI=1S/B2.3B.2W/c1-2;;;;;. The van der Waals surface area contributed by atoms with Gasteiger partial charge in [0.15, 0.2) is 0 Å². The van der Waals surface area contributed by atoms with Crippen molar-refractivity contribution in [2.75, 3.05) is 0 Å². The number of rotatable bonds is 0. The Morgan fingerprint density at radius 2 is 1.14 bits per heavy atom. The van der Waals surface area contributed by atoms with E-state index in [9.17, 15) is 0 Å². The van der Waals surface area contributed by atoms with Crippen molar-refractivity contribution < 1.29 is 35.9 Å². The van der Waals surface area contributed by atoms with E-state index in [4.69, 9.17) is 11.2 Å². The first-order valence-electron chi connectivity index (χ1n) is 1.04. The molecule has 0 atom stereocenters. The van der Waals surface area contributed by atoms with Gasteiger partial charge in [0.1, 0.15) is 0 Å². The van der Waals surface area contributed by atoms with Crippen molar-refractivity contribution in [1.82, 2.24) is 0 Å². The zero-order valence-corrected chi connectivity index (χ0v) is 9.57. The third kappa shape index (κ3) is 86.5. The van der Waals surface area contributed by atoms with Crippen LogP contribution in [0.25, 0.3) is 0 Å². The van der Waals surface area contributed by atoms with Crippen LogP contribution in [0.3, 0.4) is 0 Å². The van der Waals surface area contributed by atoms with Crippen molar-refractivity contribution in [1.29, 1.82) is 0 Å². The van der Waals surface area contributed by atoms with E-state index in [0.29, 0.717) is 0 Å². The van der Waals surface area contributed by atoms with Crippen molar-refractivity contribution in [3.63, 3.8) is 0 Å². The van der Waals surface area contributed by atoms with Gasteiger partial charge in [0.25, 0.3) is 0 Å². The molecule has 7 heavy (non-hydrogen) atoms.